The van der Waals surface area contributed by atoms with E-state index in [1.54, 1.807) is 6.92 Å². The van der Waals surface area contributed by atoms with Gasteiger partial charge in [0.15, 0.2) is 0 Å². The Kier molecular flexibility index (Phi) is 5.81. The number of hydrogen-bond acceptors (Lipinski definition) is 3. The topological polar surface area (TPSA) is 50.4 Å². The minimum Gasteiger partial charge on any atom is -0.375 e. The summed E-state index contributed by atoms with van der Waals surface area (Å²) in [4.78, 5) is 12.0. The monoisotopic (exact) mass is 334 g/mol. The fourth-order valence-electron chi connectivity index (χ4n) is 2.21. The molecule has 1 saturated heterocycles. The fraction of sp³-hybridized carbons (Fsp3) is 0.500. The Labute approximate surface area is 132 Å². The lowest BCUT2D eigenvalue weighted by molar-refractivity contribution is -0.125. The Hall–Kier alpha value is -0.880. The van der Waals surface area contributed by atoms with Crippen molar-refractivity contribution < 1.29 is 13.9 Å². The van der Waals surface area contributed by atoms with E-state index in [9.17, 15) is 9.18 Å². The van der Waals surface area contributed by atoms with E-state index in [1.807, 2.05) is 0 Å². The smallest absolute Gasteiger partial charge is 0.223 e. The molecule has 0 aliphatic carbocycles. The van der Waals surface area contributed by atoms with Gasteiger partial charge in [-0.15, -0.1) is 0 Å². The van der Waals surface area contributed by atoms with Crippen molar-refractivity contribution in [1.82, 2.24) is 10.6 Å². The van der Waals surface area contributed by atoms with Gasteiger partial charge in [0.25, 0.3) is 0 Å². The van der Waals surface area contributed by atoms with Gasteiger partial charge in [0.1, 0.15) is 5.82 Å². The maximum Gasteiger partial charge on any atom is 0.223 e. The molecule has 1 aromatic carbocycles. The molecule has 1 aromatic rings. The van der Waals surface area contributed by atoms with Crippen molar-refractivity contribution >= 4 is 29.1 Å². The van der Waals surface area contributed by atoms with Gasteiger partial charge in [-0.05, 0) is 24.6 Å². The summed E-state index contributed by atoms with van der Waals surface area (Å²) < 4.78 is 19.0. The number of halogens is 3. The molecular weight excluding hydrogens is 318 g/mol. The summed E-state index contributed by atoms with van der Waals surface area (Å²) in [6, 6.07) is 2.17. The maximum atomic E-state index is 13.5. The third kappa shape index (κ3) is 4.54. The normalized spacial score (nSPS) is 20.1. The average molecular weight is 335 g/mol. The Bertz CT molecular complexity index is 522. The molecule has 1 aliphatic rings. The summed E-state index contributed by atoms with van der Waals surface area (Å²) >= 11 is 11.7. The Morgan fingerprint density at radius 1 is 1.52 bits per heavy atom. The van der Waals surface area contributed by atoms with Gasteiger partial charge in [-0.2, -0.15) is 0 Å². The number of amides is 1. The number of nitrogens with one attached hydrogen (secondary N) is 2. The molecule has 7 heteroatoms. The second kappa shape index (κ2) is 7.40. The first-order chi connectivity index (χ1) is 9.97. The van der Waals surface area contributed by atoms with Crippen molar-refractivity contribution in [2.45, 2.75) is 25.5 Å². The average Bonchev–Trinajstić information content (AvgIpc) is 2.43. The van der Waals surface area contributed by atoms with Gasteiger partial charge in [0.05, 0.1) is 30.2 Å². The van der Waals surface area contributed by atoms with Crippen LogP contribution in [0.1, 0.15) is 24.9 Å². The van der Waals surface area contributed by atoms with Crippen LogP contribution < -0.4 is 10.6 Å². The lowest BCUT2D eigenvalue weighted by Gasteiger charge is -2.24. The second-order valence-electron chi connectivity index (χ2n) is 4.98. The van der Waals surface area contributed by atoms with Gasteiger partial charge in [-0.1, -0.05) is 23.2 Å². The number of carbonyl (C=O) groups excluding carboxylic acids is 1. The predicted molar refractivity (Wildman–Crippen MR) is 80.2 cm³/mol. The molecule has 21 heavy (non-hydrogen) atoms. The summed E-state index contributed by atoms with van der Waals surface area (Å²) in [5.74, 6) is -0.723. The van der Waals surface area contributed by atoms with Crippen molar-refractivity contribution in [3.05, 3.63) is 33.6 Å². The largest absolute Gasteiger partial charge is 0.375 e. The number of benzene rings is 1. The Morgan fingerprint density at radius 3 is 2.95 bits per heavy atom. The van der Waals surface area contributed by atoms with Crippen molar-refractivity contribution in [1.29, 1.82) is 0 Å². The number of morpholine rings is 1. The summed E-state index contributed by atoms with van der Waals surface area (Å²) in [6.07, 6.45) is 0.119. The number of rotatable bonds is 4. The van der Waals surface area contributed by atoms with E-state index in [0.29, 0.717) is 23.7 Å². The molecule has 0 bridgehead atoms. The third-order valence-corrected chi connectivity index (χ3v) is 3.92. The van der Waals surface area contributed by atoms with Gasteiger partial charge in [-0.3, -0.25) is 4.79 Å². The zero-order chi connectivity index (χ0) is 15.4. The van der Waals surface area contributed by atoms with E-state index in [-0.39, 0.29) is 23.5 Å². The minimum absolute atomic E-state index is 0.0380. The van der Waals surface area contributed by atoms with E-state index in [0.717, 1.165) is 6.54 Å². The van der Waals surface area contributed by atoms with E-state index in [1.165, 1.54) is 12.1 Å². The highest BCUT2D eigenvalue weighted by atomic mass is 35.5. The van der Waals surface area contributed by atoms with Crippen molar-refractivity contribution in [3.63, 3.8) is 0 Å². The highest BCUT2D eigenvalue weighted by molar-refractivity contribution is 6.35. The number of hydrogen-bond donors (Lipinski definition) is 2. The molecule has 0 saturated carbocycles. The van der Waals surface area contributed by atoms with Crippen LogP contribution in [0, 0.1) is 5.82 Å². The number of ether oxygens (including phenoxy) is 1. The molecule has 0 aromatic heterocycles. The fourth-order valence-corrected chi connectivity index (χ4v) is 2.75. The SMILES string of the molecule is CC(NC(=O)CC1CNCCO1)c1cc(F)c(Cl)cc1Cl. The standard InChI is InChI=1S/C14H17Cl2FN2O2/c1-8(10-5-13(17)12(16)6-11(10)15)19-14(20)4-9-7-18-2-3-21-9/h5-6,8-9,18H,2-4,7H2,1H3,(H,19,20). The van der Waals surface area contributed by atoms with Crippen LogP contribution in [0.5, 0.6) is 0 Å². The van der Waals surface area contributed by atoms with Crippen molar-refractivity contribution in [3.8, 4) is 0 Å². The minimum atomic E-state index is -0.558. The maximum absolute atomic E-state index is 13.5. The molecule has 2 rings (SSSR count). The number of carbonyl (C=O) groups is 1. The molecule has 4 nitrogen and oxygen atoms in total. The lowest BCUT2D eigenvalue weighted by Crippen LogP contribution is -2.41. The van der Waals surface area contributed by atoms with Crippen LogP contribution >= 0.6 is 23.2 Å². The van der Waals surface area contributed by atoms with Crippen LogP contribution in [-0.2, 0) is 9.53 Å². The highest BCUT2D eigenvalue weighted by Crippen LogP contribution is 2.28. The summed E-state index contributed by atoms with van der Waals surface area (Å²) in [6.45, 7) is 3.79. The molecule has 0 radical (unpaired) electrons. The van der Waals surface area contributed by atoms with Crippen molar-refractivity contribution in [2.75, 3.05) is 19.7 Å². The Morgan fingerprint density at radius 2 is 2.29 bits per heavy atom. The molecule has 0 spiro atoms. The van der Waals surface area contributed by atoms with E-state index in [4.69, 9.17) is 27.9 Å². The van der Waals surface area contributed by atoms with Crippen LogP contribution in [0.2, 0.25) is 10.0 Å². The molecule has 1 heterocycles. The zero-order valence-corrected chi connectivity index (χ0v) is 13.1. The van der Waals surface area contributed by atoms with E-state index in [2.05, 4.69) is 10.6 Å². The first kappa shape index (κ1) is 16.5. The second-order valence-corrected chi connectivity index (χ2v) is 5.79. The van der Waals surface area contributed by atoms with Gasteiger partial charge in [-0.25, -0.2) is 4.39 Å². The van der Waals surface area contributed by atoms with Gasteiger partial charge in [0, 0.05) is 18.1 Å². The summed E-state index contributed by atoms with van der Waals surface area (Å²) in [5, 5.41) is 6.23. The van der Waals surface area contributed by atoms with Gasteiger partial charge >= 0.3 is 0 Å². The zero-order valence-electron chi connectivity index (χ0n) is 11.6. The van der Waals surface area contributed by atoms with Crippen LogP contribution in [0.4, 0.5) is 4.39 Å². The van der Waals surface area contributed by atoms with Crippen LogP contribution in [0.15, 0.2) is 12.1 Å². The molecule has 1 aliphatic heterocycles. The first-order valence-corrected chi connectivity index (χ1v) is 7.49. The highest BCUT2D eigenvalue weighted by Gasteiger charge is 2.20. The quantitative estimate of drug-likeness (QED) is 0.832. The van der Waals surface area contributed by atoms with E-state index >= 15 is 0 Å². The van der Waals surface area contributed by atoms with Crippen LogP contribution in [0.25, 0.3) is 0 Å². The Balaban J connectivity index is 1.95. The van der Waals surface area contributed by atoms with Crippen LogP contribution in [-0.4, -0.2) is 31.7 Å². The molecule has 2 N–H and O–H groups in total. The molecule has 1 amide bonds. The predicted octanol–water partition coefficient (Wildman–Crippen LogP) is 2.69. The molecule has 1 fully saturated rings. The van der Waals surface area contributed by atoms with E-state index < -0.39 is 11.9 Å². The first-order valence-electron chi connectivity index (χ1n) is 6.73. The third-order valence-electron chi connectivity index (χ3n) is 3.30. The van der Waals surface area contributed by atoms with Crippen molar-refractivity contribution in [2.24, 2.45) is 0 Å². The molecule has 116 valence electrons. The molecule has 2 unspecified atom stereocenters. The summed E-state index contributed by atoms with van der Waals surface area (Å²) in [7, 11) is 0. The van der Waals surface area contributed by atoms with Gasteiger partial charge < -0.3 is 15.4 Å². The molecule has 2 atom stereocenters. The van der Waals surface area contributed by atoms with Crippen LogP contribution in [0.3, 0.4) is 0 Å². The lowest BCUT2D eigenvalue weighted by atomic mass is 10.1. The molecular formula is C14H17Cl2FN2O2. The summed E-state index contributed by atoms with van der Waals surface area (Å²) in [5.41, 5.74) is 0.495. The van der Waals surface area contributed by atoms with Gasteiger partial charge in [0.2, 0.25) is 5.91 Å².